The molecule has 1 amide bonds. The highest BCUT2D eigenvalue weighted by molar-refractivity contribution is 7.90. The van der Waals surface area contributed by atoms with Crippen LogP contribution in [-0.2, 0) is 19.4 Å². The molecule has 2 aromatic rings. The third kappa shape index (κ3) is 4.70. The molecule has 0 radical (unpaired) electrons. The fraction of sp³-hybridized carbons (Fsp3) is 0.263. The lowest BCUT2D eigenvalue weighted by atomic mass is 10.1. The van der Waals surface area contributed by atoms with E-state index in [1.54, 1.807) is 6.07 Å². The zero-order valence-electron chi connectivity index (χ0n) is 15.1. The zero-order chi connectivity index (χ0) is 19.5. The fourth-order valence-electron chi connectivity index (χ4n) is 2.42. The van der Waals surface area contributed by atoms with Gasteiger partial charge in [-0.25, -0.2) is 13.2 Å². The van der Waals surface area contributed by atoms with Crippen molar-refractivity contribution in [2.75, 3.05) is 11.6 Å². The molecule has 0 fully saturated rings. The Labute approximate surface area is 153 Å². The van der Waals surface area contributed by atoms with Crippen LogP contribution in [0.25, 0.3) is 0 Å². The Balaban J connectivity index is 2.13. The SMILES string of the molecule is Cc1ccc(NC(=O)[C@@H](C)OC(=O)c2ccccc2S(C)(=O)=O)c(C)c1. The zero-order valence-corrected chi connectivity index (χ0v) is 15.9. The molecule has 6 nitrogen and oxygen atoms in total. The topological polar surface area (TPSA) is 89.5 Å². The summed E-state index contributed by atoms with van der Waals surface area (Å²) in [7, 11) is -3.59. The van der Waals surface area contributed by atoms with Gasteiger partial charge in [-0.2, -0.15) is 0 Å². The van der Waals surface area contributed by atoms with Crippen LogP contribution in [0.3, 0.4) is 0 Å². The number of benzene rings is 2. The van der Waals surface area contributed by atoms with Crippen LogP contribution in [0.1, 0.15) is 28.4 Å². The number of aryl methyl sites for hydroxylation is 2. The van der Waals surface area contributed by atoms with Crippen molar-refractivity contribution in [1.29, 1.82) is 0 Å². The quantitative estimate of drug-likeness (QED) is 0.812. The van der Waals surface area contributed by atoms with Gasteiger partial charge in [-0.05, 0) is 44.5 Å². The third-order valence-electron chi connectivity index (χ3n) is 3.80. The molecule has 0 aliphatic heterocycles. The van der Waals surface area contributed by atoms with E-state index in [4.69, 9.17) is 4.74 Å². The number of ether oxygens (including phenoxy) is 1. The predicted octanol–water partition coefficient (Wildman–Crippen LogP) is 2.89. The fourth-order valence-corrected chi connectivity index (χ4v) is 3.30. The number of hydrogen-bond acceptors (Lipinski definition) is 5. The van der Waals surface area contributed by atoms with E-state index in [0.29, 0.717) is 5.69 Å². The van der Waals surface area contributed by atoms with Gasteiger partial charge in [0, 0.05) is 11.9 Å². The molecule has 2 rings (SSSR count). The van der Waals surface area contributed by atoms with Crippen LogP contribution >= 0.6 is 0 Å². The maximum absolute atomic E-state index is 12.3. The number of esters is 1. The van der Waals surface area contributed by atoms with Crippen LogP contribution in [0.15, 0.2) is 47.4 Å². The Morgan fingerprint density at radius 1 is 1.08 bits per heavy atom. The first kappa shape index (κ1) is 19.7. The van der Waals surface area contributed by atoms with E-state index in [-0.39, 0.29) is 10.5 Å². The Hall–Kier alpha value is -2.67. The molecule has 138 valence electrons. The van der Waals surface area contributed by atoms with Crippen LogP contribution in [-0.4, -0.2) is 32.7 Å². The van der Waals surface area contributed by atoms with Gasteiger partial charge in [-0.1, -0.05) is 29.8 Å². The van der Waals surface area contributed by atoms with Gasteiger partial charge in [-0.15, -0.1) is 0 Å². The normalized spacial score (nSPS) is 12.3. The van der Waals surface area contributed by atoms with Gasteiger partial charge in [0.1, 0.15) is 0 Å². The minimum Gasteiger partial charge on any atom is -0.449 e. The first-order chi connectivity index (χ1) is 12.1. The average molecular weight is 375 g/mol. The van der Waals surface area contributed by atoms with Crippen molar-refractivity contribution in [1.82, 2.24) is 0 Å². The molecule has 0 unspecified atom stereocenters. The van der Waals surface area contributed by atoms with Crippen molar-refractivity contribution in [2.45, 2.75) is 31.8 Å². The van der Waals surface area contributed by atoms with E-state index in [2.05, 4.69) is 5.32 Å². The second-order valence-corrected chi connectivity index (χ2v) is 8.11. The van der Waals surface area contributed by atoms with E-state index in [1.807, 2.05) is 26.0 Å². The molecule has 0 heterocycles. The molecule has 1 N–H and O–H groups in total. The lowest BCUT2D eigenvalue weighted by molar-refractivity contribution is -0.123. The number of hydrogen-bond donors (Lipinski definition) is 1. The Kier molecular flexibility index (Phi) is 5.82. The molecule has 0 aromatic heterocycles. The summed E-state index contributed by atoms with van der Waals surface area (Å²) in [5.74, 6) is -1.36. The number of rotatable bonds is 5. The number of carbonyl (C=O) groups is 2. The van der Waals surface area contributed by atoms with Crippen molar-refractivity contribution in [3.63, 3.8) is 0 Å². The number of anilines is 1. The molecule has 2 aromatic carbocycles. The molecule has 0 aliphatic carbocycles. The van der Waals surface area contributed by atoms with Crippen molar-refractivity contribution in [3.05, 3.63) is 59.2 Å². The molecule has 26 heavy (non-hydrogen) atoms. The third-order valence-corrected chi connectivity index (χ3v) is 4.95. The summed E-state index contributed by atoms with van der Waals surface area (Å²) < 4.78 is 28.7. The van der Waals surface area contributed by atoms with Crippen LogP contribution in [0, 0.1) is 13.8 Å². The van der Waals surface area contributed by atoms with Gasteiger partial charge in [0.05, 0.1) is 10.5 Å². The highest BCUT2D eigenvalue weighted by Crippen LogP contribution is 2.19. The Bertz CT molecular complexity index is 950. The first-order valence-corrected chi connectivity index (χ1v) is 9.87. The van der Waals surface area contributed by atoms with E-state index in [9.17, 15) is 18.0 Å². The summed E-state index contributed by atoms with van der Waals surface area (Å²) in [5.41, 5.74) is 2.48. The maximum atomic E-state index is 12.3. The lowest BCUT2D eigenvalue weighted by Gasteiger charge is -2.16. The maximum Gasteiger partial charge on any atom is 0.340 e. The molecule has 0 bridgehead atoms. The van der Waals surface area contributed by atoms with E-state index >= 15 is 0 Å². The number of nitrogens with one attached hydrogen (secondary N) is 1. The van der Waals surface area contributed by atoms with Gasteiger partial charge < -0.3 is 10.1 Å². The summed E-state index contributed by atoms with van der Waals surface area (Å²) >= 11 is 0. The van der Waals surface area contributed by atoms with Crippen molar-refractivity contribution < 1.29 is 22.7 Å². The van der Waals surface area contributed by atoms with Gasteiger partial charge in [0.25, 0.3) is 5.91 Å². The van der Waals surface area contributed by atoms with Crippen molar-refractivity contribution >= 4 is 27.4 Å². The molecule has 0 aliphatic rings. The van der Waals surface area contributed by atoms with E-state index in [1.165, 1.54) is 31.2 Å². The van der Waals surface area contributed by atoms with Crippen LogP contribution in [0.2, 0.25) is 0 Å². The molecular weight excluding hydrogens is 354 g/mol. The minimum absolute atomic E-state index is 0.0961. The standard InChI is InChI=1S/C19H21NO5S/c1-12-9-10-16(13(2)11-12)20-18(21)14(3)25-19(22)15-7-5-6-8-17(15)26(4,23)24/h5-11,14H,1-4H3,(H,20,21)/t14-/m1/s1. The number of sulfone groups is 1. The highest BCUT2D eigenvalue weighted by atomic mass is 32.2. The van der Waals surface area contributed by atoms with Gasteiger partial charge in [0.2, 0.25) is 0 Å². The van der Waals surface area contributed by atoms with Gasteiger partial charge in [0.15, 0.2) is 15.9 Å². The first-order valence-electron chi connectivity index (χ1n) is 7.98. The molecule has 0 saturated carbocycles. The van der Waals surface area contributed by atoms with E-state index in [0.717, 1.165) is 17.4 Å². The van der Waals surface area contributed by atoms with Gasteiger partial charge >= 0.3 is 5.97 Å². The second-order valence-electron chi connectivity index (χ2n) is 6.12. The van der Waals surface area contributed by atoms with Gasteiger partial charge in [-0.3, -0.25) is 4.79 Å². The Morgan fingerprint density at radius 3 is 2.35 bits per heavy atom. The monoisotopic (exact) mass is 375 g/mol. The summed E-state index contributed by atoms with van der Waals surface area (Å²) in [6.07, 6.45) is -0.0779. The largest absolute Gasteiger partial charge is 0.449 e. The number of amides is 1. The smallest absolute Gasteiger partial charge is 0.340 e. The lowest BCUT2D eigenvalue weighted by Crippen LogP contribution is -2.30. The average Bonchev–Trinajstić information content (AvgIpc) is 2.56. The summed E-state index contributed by atoms with van der Waals surface area (Å²) in [4.78, 5) is 24.5. The molecule has 7 heteroatoms. The van der Waals surface area contributed by atoms with Crippen LogP contribution in [0.4, 0.5) is 5.69 Å². The van der Waals surface area contributed by atoms with Crippen LogP contribution < -0.4 is 5.32 Å². The highest BCUT2D eigenvalue weighted by Gasteiger charge is 2.24. The summed E-state index contributed by atoms with van der Waals surface area (Å²) in [6.45, 7) is 5.24. The molecule has 0 spiro atoms. The van der Waals surface area contributed by atoms with Crippen molar-refractivity contribution in [2.24, 2.45) is 0 Å². The summed E-state index contributed by atoms with van der Waals surface area (Å²) in [5, 5.41) is 2.70. The Morgan fingerprint density at radius 2 is 1.73 bits per heavy atom. The second kappa shape index (κ2) is 7.70. The molecular formula is C19H21NO5S. The van der Waals surface area contributed by atoms with Crippen LogP contribution in [0.5, 0.6) is 0 Å². The van der Waals surface area contributed by atoms with E-state index < -0.39 is 27.8 Å². The van der Waals surface area contributed by atoms with Crippen molar-refractivity contribution in [3.8, 4) is 0 Å². The predicted molar refractivity (Wildman–Crippen MR) is 99.0 cm³/mol. The summed E-state index contributed by atoms with van der Waals surface area (Å²) in [6, 6.07) is 11.3. The molecule has 1 atom stereocenters. The molecule has 0 saturated heterocycles. The number of carbonyl (C=O) groups excluding carboxylic acids is 2. The minimum atomic E-state index is -3.59.